The zero-order chi connectivity index (χ0) is 12.8. The first-order chi connectivity index (χ1) is 8.63. The minimum atomic E-state index is -0.743. The molecule has 3 rings (SSSR count). The third-order valence-corrected chi connectivity index (χ3v) is 3.71. The third-order valence-electron chi connectivity index (χ3n) is 3.42. The van der Waals surface area contributed by atoms with Gasteiger partial charge in [-0.15, -0.1) is 0 Å². The van der Waals surface area contributed by atoms with Crippen molar-refractivity contribution in [3.05, 3.63) is 47.2 Å². The maximum atomic E-state index is 11.2. The van der Waals surface area contributed by atoms with Crippen LogP contribution in [0.2, 0.25) is 5.15 Å². The zero-order valence-corrected chi connectivity index (χ0v) is 10.3. The molecule has 1 N–H and O–H groups in total. The summed E-state index contributed by atoms with van der Waals surface area (Å²) < 4.78 is 1.60. The number of benzene rings is 1. The van der Waals surface area contributed by atoms with Crippen molar-refractivity contribution in [2.45, 2.75) is 18.3 Å². The van der Waals surface area contributed by atoms with E-state index in [-0.39, 0.29) is 0 Å². The summed E-state index contributed by atoms with van der Waals surface area (Å²) in [6.07, 6.45) is 3.05. The molecule has 0 spiro atoms. The summed E-state index contributed by atoms with van der Waals surface area (Å²) in [5.41, 5.74) is 1.02. The molecule has 4 nitrogen and oxygen atoms in total. The number of aromatic nitrogens is 2. The first-order valence-electron chi connectivity index (χ1n) is 5.67. The number of carbonyl (C=O) groups is 1. The Labute approximate surface area is 109 Å². The van der Waals surface area contributed by atoms with Crippen molar-refractivity contribution >= 4 is 17.6 Å². The van der Waals surface area contributed by atoms with Crippen LogP contribution in [0.25, 0.3) is 5.69 Å². The lowest BCUT2D eigenvalue weighted by atomic mass is 9.96. The summed E-state index contributed by atoms with van der Waals surface area (Å²) in [5.74, 6) is -0.743. The normalized spacial score (nSPS) is 16.5. The van der Waals surface area contributed by atoms with Crippen LogP contribution >= 0.6 is 11.6 Å². The number of hydrogen-bond acceptors (Lipinski definition) is 2. The van der Waals surface area contributed by atoms with Crippen molar-refractivity contribution in [3.8, 4) is 5.69 Å². The van der Waals surface area contributed by atoms with E-state index in [0.29, 0.717) is 18.0 Å². The Morgan fingerprint density at radius 2 is 1.94 bits per heavy atom. The Hall–Kier alpha value is -1.81. The second kappa shape index (κ2) is 3.85. The molecule has 92 valence electrons. The Morgan fingerprint density at radius 1 is 1.28 bits per heavy atom. The van der Waals surface area contributed by atoms with Gasteiger partial charge >= 0.3 is 5.97 Å². The van der Waals surface area contributed by atoms with Crippen LogP contribution in [-0.2, 0) is 10.2 Å². The number of rotatable bonds is 3. The lowest BCUT2D eigenvalue weighted by Gasteiger charge is -2.11. The number of hydrogen-bond donors (Lipinski definition) is 1. The molecular formula is C13H11ClN2O2. The molecule has 1 heterocycles. The highest BCUT2D eigenvalue weighted by molar-refractivity contribution is 6.29. The van der Waals surface area contributed by atoms with Crippen molar-refractivity contribution in [2.75, 3.05) is 0 Å². The fourth-order valence-electron chi connectivity index (χ4n) is 2.15. The highest BCUT2D eigenvalue weighted by atomic mass is 35.5. The van der Waals surface area contributed by atoms with Crippen molar-refractivity contribution in [1.29, 1.82) is 0 Å². The Morgan fingerprint density at radius 3 is 2.39 bits per heavy atom. The Balaban J connectivity index is 1.95. The molecule has 0 radical (unpaired) electrons. The summed E-state index contributed by atoms with van der Waals surface area (Å²) in [4.78, 5) is 11.2. The second-order valence-electron chi connectivity index (χ2n) is 4.50. The van der Waals surface area contributed by atoms with Gasteiger partial charge < -0.3 is 5.11 Å². The van der Waals surface area contributed by atoms with Crippen molar-refractivity contribution in [2.24, 2.45) is 0 Å². The molecule has 0 amide bonds. The molecule has 1 aliphatic carbocycles. The molecule has 18 heavy (non-hydrogen) atoms. The van der Waals surface area contributed by atoms with E-state index >= 15 is 0 Å². The van der Waals surface area contributed by atoms with Crippen LogP contribution in [0.3, 0.4) is 0 Å². The number of aliphatic carboxylic acids is 1. The molecule has 0 saturated heterocycles. The van der Waals surface area contributed by atoms with E-state index in [1.54, 1.807) is 16.9 Å². The van der Waals surface area contributed by atoms with Gasteiger partial charge in [0.05, 0.1) is 17.3 Å². The molecule has 1 aromatic carbocycles. The maximum Gasteiger partial charge on any atom is 0.314 e. The molecule has 2 aromatic rings. The zero-order valence-electron chi connectivity index (χ0n) is 9.51. The van der Waals surface area contributed by atoms with E-state index < -0.39 is 11.4 Å². The first-order valence-corrected chi connectivity index (χ1v) is 6.05. The highest BCUT2D eigenvalue weighted by Gasteiger charge is 2.51. The van der Waals surface area contributed by atoms with Crippen LogP contribution in [0.4, 0.5) is 0 Å². The highest BCUT2D eigenvalue weighted by Crippen LogP contribution is 2.48. The van der Waals surface area contributed by atoms with E-state index in [9.17, 15) is 9.90 Å². The Bertz CT molecular complexity index is 600. The molecule has 0 unspecified atom stereocenters. The lowest BCUT2D eigenvalue weighted by molar-refractivity contribution is -0.140. The van der Waals surface area contributed by atoms with Crippen LogP contribution in [0.1, 0.15) is 18.4 Å². The summed E-state index contributed by atoms with van der Waals surface area (Å²) >= 11 is 5.97. The molecule has 0 bridgehead atoms. The fourth-order valence-corrected chi connectivity index (χ4v) is 2.35. The smallest absolute Gasteiger partial charge is 0.314 e. The van der Waals surface area contributed by atoms with Gasteiger partial charge in [0, 0.05) is 0 Å². The topological polar surface area (TPSA) is 55.1 Å². The Kier molecular flexibility index (Phi) is 2.41. The number of carboxylic acids is 1. The van der Waals surface area contributed by atoms with Gasteiger partial charge in [0.1, 0.15) is 5.15 Å². The predicted molar refractivity (Wildman–Crippen MR) is 67.1 cm³/mol. The van der Waals surface area contributed by atoms with Gasteiger partial charge in [0.2, 0.25) is 0 Å². The summed E-state index contributed by atoms with van der Waals surface area (Å²) in [5, 5.41) is 13.8. The monoisotopic (exact) mass is 262 g/mol. The van der Waals surface area contributed by atoms with E-state index in [2.05, 4.69) is 5.10 Å². The van der Waals surface area contributed by atoms with E-state index in [1.165, 1.54) is 0 Å². The first kappa shape index (κ1) is 11.3. The fraction of sp³-hybridized carbons (Fsp3) is 0.231. The van der Waals surface area contributed by atoms with Gasteiger partial charge in [0.25, 0.3) is 0 Å². The van der Waals surface area contributed by atoms with Gasteiger partial charge in [-0.1, -0.05) is 23.7 Å². The summed E-state index contributed by atoms with van der Waals surface area (Å²) in [6, 6.07) is 9.08. The third kappa shape index (κ3) is 1.61. The molecule has 5 heteroatoms. The minimum Gasteiger partial charge on any atom is -0.481 e. The van der Waals surface area contributed by atoms with Gasteiger partial charge in [-0.05, 0) is 36.6 Å². The maximum absolute atomic E-state index is 11.2. The molecule has 1 fully saturated rings. The van der Waals surface area contributed by atoms with Crippen LogP contribution < -0.4 is 0 Å². The second-order valence-corrected chi connectivity index (χ2v) is 4.89. The molecular weight excluding hydrogens is 252 g/mol. The van der Waals surface area contributed by atoms with Crippen LogP contribution in [0, 0.1) is 0 Å². The standard InChI is InChI=1S/C13H11ClN2O2/c14-11-5-8-15-16(11)10-3-1-9(2-4-10)13(6-7-13)12(17)18/h1-5,8H,6-7H2,(H,17,18). The van der Waals surface area contributed by atoms with Crippen molar-refractivity contribution < 1.29 is 9.90 Å². The average molecular weight is 263 g/mol. The van der Waals surface area contributed by atoms with Crippen molar-refractivity contribution in [3.63, 3.8) is 0 Å². The van der Waals surface area contributed by atoms with E-state index in [0.717, 1.165) is 11.3 Å². The van der Waals surface area contributed by atoms with E-state index in [4.69, 9.17) is 11.6 Å². The number of nitrogens with zero attached hydrogens (tertiary/aromatic N) is 2. The average Bonchev–Trinajstić information content (AvgIpc) is 3.08. The van der Waals surface area contributed by atoms with Gasteiger partial charge in [-0.2, -0.15) is 5.10 Å². The predicted octanol–water partition coefficient (Wildman–Crippen LogP) is 2.64. The SMILES string of the molecule is O=C(O)C1(c2ccc(-n3nccc3Cl)cc2)CC1. The summed E-state index contributed by atoms with van der Waals surface area (Å²) in [6.45, 7) is 0. The lowest BCUT2D eigenvalue weighted by Crippen LogP contribution is -2.19. The number of halogens is 1. The molecule has 1 aliphatic rings. The van der Waals surface area contributed by atoms with Crippen molar-refractivity contribution in [1.82, 2.24) is 9.78 Å². The molecule has 0 atom stereocenters. The molecule has 1 saturated carbocycles. The van der Waals surface area contributed by atoms with Crippen LogP contribution in [0.5, 0.6) is 0 Å². The quantitative estimate of drug-likeness (QED) is 0.925. The molecule has 1 aromatic heterocycles. The van der Waals surface area contributed by atoms with Gasteiger partial charge in [-0.25, -0.2) is 4.68 Å². The van der Waals surface area contributed by atoms with Crippen LogP contribution in [-0.4, -0.2) is 20.9 Å². The summed E-state index contributed by atoms with van der Waals surface area (Å²) in [7, 11) is 0. The molecule has 0 aliphatic heterocycles. The van der Waals surface area contributed by atoms with Gasteiger partial charge in [-0.3, -0.25) is 4.79 Å². The van der Waals surface area contributed by atoms with Crippen LogP contribution in [0.15, 0.2) is 36.5 Å². The largest absolute Gasteiger partial charge is 0.481 e. The number of carboxylic acid groups (broad SMARTS) is 1. The minimum absolute atomic E-state index is 0.530. The van der Waals surface area contributed by atoms with E-state index in [1.807, 2.05) is 24.3 Å². The van der Waals surface area contributed by atoms with Gasteiger partial charge in [0.15, 0.2) is 0 Å².